The molecule has 7 nitrogen and oxygen atoms in total. The molecule has 0 aliphatic rings. The molecule has 96 valence electrons. The number of carboxylic acids is 1. The van der Waals surface area contributed by atoms with Crippen molar-refractivity contribution in [2.75, 3.05) is 0 Å². The average molecular weight is 270 g/mol. The molecule has 0 bridgehead atoms. The zero-order valence-corrected chi connectivity index (χ0v) is 9.85. The lowest BCUT2D eigenvalue weighted by atomic mass is 10.4. The van der Waals surface area contributed by atoms with Crippen molar-refractivity contribution in [2.24, 2.45) is 0 Å². The lowest BCUT2D eigenvalue weighted by Crippen LogP contribution is -2.40. The lowest BCUT2D eigenvalue weighted by Gasteiger charge is -2.06. The zero-order valence-electron chi connectivity index (χ0n) is 9.03. The van der Waals surface area contributed by atoms with Crippen LogP contribution in [0.5, 0.6) is 0 Å². The van der Waals surface area contributed by atoms with Crippen molar-refractivity contribution >= 4 is 21.9 Å². The Hall–Kier alpha value is -2.19. The monoisotopic (exact) mass is 270 g/mol. The Morgan fingerprint density at radius 3 is 2.28 bits per heavy atom. The number of hydrogen-bond acceptors (Lipinski definition) is 4. The molecule has 1 rings (SSSR count). The van der Waals surface area contributed by atoms with Crippen LogP contribution < -0.4 is 10.3 Å². The highest BCUT2D eigenvalue weighted by molar-refractivity contribution is 7.89. The number of nitrogens with one attached hydrogen (secondary N) is 2. The third-order valence-corrected chi connectivity index (χ3v) is 3.00. The molecule has 1 aromatic rings. The second-order valence-electron chi connectivity index (χ2n) is 3.08. The van der Waals surface area contributed by atoms with Gasteiger partial charge in [0.1, 0.15) is 0 Å². The van der Waals surface area contributed by atoms with E-state index < -0.39 is 21.9 Å². The molecule has 0 heterocycles. The molecule has 18 heavy (non-hydrogen) atoms. The quantitative estimate of drug-likeness (QED) is 0.499. The van der Waals surface area contributed by atoms with Gasteiger partial charge in [0.25, 0.3) is 15.9 Å². The largest absolute Gasteiger partial charge is 0.478 e. The van der Waals surface area contributed by atoms with Gasteiger partial charge in [0.15, 0.2) is 0 Å². The zero-order chi connectivity index (χ0) is 13.6. The van der Waals surface area contributed by atoms with Crippen molar-refractivity contribution in [3.05, 3.63) is 42.5 Å². The van der Waals surface area contributed by atoms with E-state index in [1.54, 1.807) is 6.07 Å². The summed E-state index contributed by atoms with van der Waals surface area (Å²) >= 11 is 0. The minimum absolute atomic E-state index is 0.0208. The van der Waals surface area contributed by atoms with E-state index in [2.05, 4.69) is 0 Å². The Morgan fingerprint density at radius 2 is 1.72 bits per heavy atom. The van der Waals surface area contributed by atoms with Crippen molar-refractivity contribution in [3.63, 3.8) is 0 Å². The fraction of sp³-hybridized carbons (Fsp3) is 0. The maximum Gasteiger partial charge on any atom is 0.328 e. The first kappa shape index (κ1) is 13.9. The summed E-state index contributed by atoms with van der Waals surface area (Å²) in [5.41, 5.74) is 1.85. The summed E-state index contributed by atoms with van der Waals surface area (Å²) in [4.78, 5) is 23.0. The lowest BCUT2D eigenvalue weighted by molar-refractivity contribution is -0.131. The summed E-state index contributed by atoms with van der Waals surface area (Å²) in [5, 5.41) is 8.26. The number of hydrogen-bond donors (Lipinski definition) is 3. The number of carbonyl (C=O) groups is 2. The molecule has 0 saturated carbocycles. The molecule has 0 aromatic heterocycles. The number of sulfonamides is 1. The van der Waals surface area contributed by atoms with E-state index in [1.807, 2.05) is 10.3 Å². The van der Waals surface area contributed by atoms with Gasteiger partial charge < -0.3 is 5.11 Å². The van der Waals surface area contributed by atoms with Crippen molar-refractivity contribution < 1.29 is 23.1 Å². The van der Waals surface area contributed by atoms with Crippen molar-refractivity contribution in [1.29, 1.82) is 0 Å². The fourth-order valence-corrected chi connectivity index (χ4v) is 1.83. The molecule has 1 amide bonds. The van der Waals surface area contributed by atoms with Gasteiger partial charge in [0.2, 0.25) is 0 Å². The number of benzene rings is 1. The van der Waals surface area contributed by atoms with Crippen molar-refractivity contribution in [2.45, 2.75) is 4.90 Å². The Bertz CT molecular complexity index is 565. The number of rotatable bonds is 5. The molecule has 0 atom stereocenters. The second kappa shape index (κ2) is 5.94. The Kier molecular flexibility index (Phi) is 4.58. The minimum Gasteiger partial charge on any atom is -0.478 e. The smallest absolute Gasteiger partial charge is 0.328 e. The summed E-state index contributed by atoms with van der Waals surface area (Å²) < 4.78 is 23.2. The third-order valence-electron chi connectivity index (χ3n) is 1.74. The Labute approximate surface area is 103 Å². The van der Waals surface area contributed by atoms with E-state index in [-0.39, 0.29) is 4.90 Å². The molecular formula is C10H10N2O5S. The van der Waals surface area contributed by atoms with Gasteiger partial charge >= 0.3 is 5.97 Å². The van der Waals surface area contributed by atoms with Gasteiger partial charge in [0.05, 0.1) is 4.90 Å². The number of amides is 1. The second-order valence-corrected chi connectivity index (χ2v) is 4.76. The topological polar surface area (TPSA) is 113 Å². The molecule has 0 aliphatic heterocycles. The maximum atomic E-state index is 11.6. The first-order valence-corrected chi connectivity index (χ1v) is 6.18. The number of carboxylic acid groups (broad SMARTS) is 1. The highest BCUT2D eigenvalue weighted by atomic mass is 32.2. The van der Waals surface area contributed by atoms with Crippen LogP contribution in [0.2, 0.25) is 0 Å². The number of aliphatic carboxylic acids is 1. The van der Waals surface area contributed by atoms with Crippen LogP contribution in [0.25, 0.3) is 0 Å². The summed E-state index contributed by atoms with van der Waals surface area (Å²) in [5.74, 6) is -2.20. The molecule has 1 aromatic carbocycles. The van der Waals surface area contributed by atoms with Crippen LogP contribution in [0.15, 0.2) is 47.4 Å². The highest BCUT2D eigenvalue weighted by Gasteiger charge is 2.13. The minimum atomic E-state index is -3.86. The van der Waals surface area contributed by atoms with Gasteiger partial charge in [-0.25, -0.2) is 13.2 Å². The van der Waals surface area contributed by atoms with Crippen LogP contribution in [0.4, 0.5) is 0 Å². The van der Waals surface area contributed by atoms with E-state index >= 15 is 0 Å². The molecule has 3 N–H and O–H groups in total. The third kappa shape index (κ3) is 4.36. The predicted octanol–water partition coefficient (Wildman–Crippen LogP) is -0.363. The molecule has 0 spiro atoms. The van der Waals surface area contributed by atoms with Gasteiger partial charge in [-0.3, -0.25) is 10.2 Å². The molecule has 0 radical (unpaired) electrons. The molecule has 0 unspecified atom stereocenters. The normalized spacial score (nSPS) is 11.3. The summed E-state index contributed by atoms with van der Waals surface area (Å²) in [6.07, 6.45) is 1.28. The summed E-state index contributed by atoms with van der Waals surface area (Å²) in [7, 11) is -3.86. The van der Waals surface area contributed by atoms with E-state index in [4.69, 9.17) is 5.11 Å². The van der Waals surface area contributed by atoms with Crippen LogP contribution >= 0.6 is 0 Å². The van der Waals surface area contributed by atoms with E-state index in [1.165, 1.54) is 24.3 Å². The first-order valence-electron chi connectivity index (χ1n) is 4.69. The number of hydrazine groups is 1. The maximum absolute atomic E-state index is 11.6. The predicted molar refractivity (Wildman–Crippen MR) is 61.7 cm³/mol. The fourth-order valence-electron chi connectivity index (χ4n) is 0.965. The van der Waals surface area contributed by atoms with Gasteiger partial charge in [-0.2, -0.15) is 0 Å². The highest BCUT2D eigenvalue weighted by Crippen LogP contribution is 2.05. The molecule has 0 saturated heterocycles. The Balaban J connectivity index is 2.64. The van der Waals surface area contributed by atoms with Gasteiger partial charge in [-0.05, 0) is 12.1 Å². The molecule has 0 aliphatic carbocycles. The Morgan fingerprint density at radius 1 is 1.11 bits per heavy atom. The van der Waals surface area contributed by atoms with Gasteiger partial charge in [-0.1, -0.05) is 18.2 Å². The molecule has 0 fully saturated rings. The van der Waals surface area contributed by atoms with Crippen molar-refractivity contribution in [3.8, 4) is 0 Å². The van der Waals surface area contributed by atoms with Crippen LogP contribution in [0, 0.1) is 0 Å². The molecule has 8 heteroatoms. The average Bonchev–Trinajstić information content (AvgIpc) is 2.35. The summed E-state index contributed by atoms with van der Waals surface area (Å²) in [6, 6.07) is 7.40. The van der Waals surface area contributed by atoms with Crippen LogP contribution in [-0.2, 0) is 19.6 Å². The van der Waals surface area contributed by atoms with Crippen LogP contribution in [-0.4, -0.2) is 25.4 Å². The standard InChI is InChI=1S/C10H10N2O5S/c13-9(6-7-10(14)15)11-12-18(16,17)8-4-2-1-3-5-8/h1-7,12H,(H,11,13)(H,14,15)/b7-6-. The van der Waals surface area contributed by atoms with E-state index in [9.17, 15) is 18.0 Å². The van der Waals surface area contributed by atoms with E-state index in [0.29, 0.717) is 12.2 Å². The number of carbonyl (C=O) groups excluding carboxylic acids is 1. The van der Waals surface area contributed by atoms with Gasteiger partial charge in [0, 0.05) is 12.2 Å². The molecular weight excluding hydrogens is 260 g/mol. The van der Waals surface area contributed by atoms with Crippen LogP contribution in [0.3, 0.4) is 0 Å². The van der Waals surface area contributed by atoms with Crippen molar-refractivity contribution in [1.82, 2.24) is 10.3 Å². The SMILES string of the molecule is O=C(O)/C=C\C(=O)NNS(=O)(=O)c1ccccc1. The first-order chi connectivity index (χ1) is 8.42. The van der Waals surface area contributed by atoms with E-state index in [0.717, 1.165) is 0 Å². The summed E-state index contributed by atoms with van der Waals surface area (Å²) in [6.45, 7) is 0. The van der Waals surface area contributed by atoms with Gasteiger partial charge in [-0.15, -0.1) is 4.83 Å². The van der Waals surface area contributed by atoms with Crippen LogP contribution in [0.1, 0.15) is 0 Å².